The summed E-state index contributed by atoms with van der Waals surface area (Å²) in [6.45, 7) is 3.97. The lowest BCUT2D eigenvalue weighted by Gasteiger charge is -2.09. The molecular weight excluding hydrogens is 352 g/mol. The van der Waals surface area contributed by atoms with Gasteiger partial charge in [-0.2, -0.15) is 0 Å². The number of halogens is 1. The van der Waals surface area contributed by atoms with E-state index in [0.29, 0.717) is 16.5 Å². The summed E-state index contributed by atoms with van der Waals surface area (Å²) in [6, 6.07) is 15.1. The normalized spacial score (nSPS) is 10.6. The lowest BCUT2D eigenvalue weighted by molar-refractivity contribution is -0.123. The second-order valence-electron chi connectivity index (χ2n) is 5.98. The van der Waals surface area contributed by atoms with Crippen molar-refractivity contribution in [2.75, 3.05) is 6.61 Å². The van der Waals surface area contributed by atoms with Gasteiger partial charge in [0.05, 0.1) is 6.54 Å². The van der Waals surface area contributed by atoms with E-state index < -0.39 is 0 Å². The van der Waals surface area contributed by atoms with Crippen LogP contribution in [0, 0.1) is 13.8 Å². The fourth-order valence-electron chi connectivity index (χ4n) is 2.52. The van der Waals surface area contributed by atoms with Gasteiger partial charge < -0.3 is 14.6 Å². The number of hydrogen-bond donors (Lipinski definition) is 1. The molecule has 0 spiro atoms. The summed E-state index contributed by atoms with van der Waals surface area (Å²) in [4.78, 5) is 12.0. The predicted octanol–water partition coefficient (Wildman–Crippen LogP) is 4.31. The molecule has 26 heavy (non-hydrogen) atoms. The van der Waals surface area contributed by atoms with Crippen molar-refractivity contribution in [1.82, 2.24) is 10.5 Å². The number of ether oxygens (including phenoxy) is 1. The maximum Gasteiger partial charge on any atom is 0.258 e. The van der Waals surface area contributed by atoms with Crippen molar-refractivity contribution >= 4 is 17.5 Å². The van der Waals surface area contributed by atoms with Crippen molar-refractivity contribution in [3.8, 4) is 17.0 Å². The third-order valence-electron chi connectivity index (χ3n) is 3.87. The van der Waals surface area contributed by atoms with E-state index in [0.717, 1.165) is 22.4 Å². The van der Waals surface area contributed by atoms with Crippen LogP contribution < -0.4 is 10.1 Å². The van der Waals surface area contributed by atoms with Gasteiger partial charge in [-0.1, -0.05) is 47.1 Å². The number of hydrogen-bond acceptors (Lipinski definition) is 4. The van der Waals surface area contributed by atoms with E-state index >= 15 is 0 Å². The summed E-state index contributed by atoms with van der Waals surface area (Å²) in [6.07, 6.45) is 0. The number of nitrogens with zero attached hydrogens (tertiary/aromatic N) is 1. The van der Waals surface area contributed by atoms with E-state index in [4.69, 9.17) is 20.9 Å². The van der Waals surface area contributed by atoms with E-state index in [1.807, 2.05) is 62.4 Å². The largest absolute Gasteiger partial charge is 0.484 e. The van der Waals surface area contributed by atoms with Crippen molar-refractivity contribution in [2.45, 2.75) is 20.4 Å². The first kappa shape index (κ1) is 18.0. The molecule has 0 fully saturated rings. The molecule has 0 bridgehead atoms. The monoisotopic (exact) mass is 370 g/mol. The molecule has 2 aromatic carbocycles. The van der Waals surface area contributed by atoms with Crippen LogP contribution in [0.2, 0.25) is 5.02 Å². The summed E-state index contributed by atoms with van der Waals surface area (Å²) in [5, 5.41) is 7.48. The van der Waals surface area contributed by atoms with Gasteiger partial charge in [-0.05, 0) is 37.1 Å². The first-order chi connectivity index (χ1) is 12.5. The van der Waals surface area contributed by atoms with Gasteiger partial charge >= 0.3 is 0 Å². The number of amides is 1. The van der Waals surface area contributed by atoms with Crippen molar-refractivity contribution in [3.63, 3.8) is 0 Å². The first-order valence-corrected chi connectivity index (χ1v) is 8.58. The highest BCUT2D eigenvalue weighted by molar-refractivity contribution is 6.32. The highest BCUT2D eigenvalue weighted by atomic mass is 35.5. The van der Waals surface area contributed by atoms with Gasteiger partial charge in [0.2, 0.25) is 0 Å². The number of aryl methyl sites for hydroxylation is 2. The molecule has 3 aromatic rings. The Labute approximate surface area is 156 Å². The lowest BCUT2D eigenvalue weighted by atomic mass is 10.1. The van der Waals surface area contributed by atoms with Crippen molar-refractivity contribution in [1.29, 1.82) is 0 Å². The van der Waals surface area contributed by atoms with E-state index in [1.165, 1.54) is 0 Å². The first-order valence-electron chi connectivity index (χ1n) is 8.20. The van der Waals surface area contributed by atoms with Gasteiger partial charge in [-0.3, -0.25) is 4.79 Å². The molecule has 0 saturated carbocycles. The third kappa shape index (κ3) is 4.43. The van der Waals surface area contributed by atoms with Crippen LogP contribution in [-0.2, 0) is 11.3 Å². The molecule has 134 valence electrons. The Kier molecular flexibility index (Phi) is 5.58. The lowest BCUT2D eigenvalue weighted by Crippen LogP contribution is -2.28. The zero-order chi connectivity index (χ0) is 18.5. The second kappa shape index (κ2) is 8.06. The highest BCUT2D eigenvalue weighted by Crippen LogP contribution is 2.25. The number of nitrogens with one attached hydrogen (secondary N) is 1. The van der Waals surface area contributed by atoms with Crippen LogP contribution >= 0.6 is 11.6 Å². The van der Waals surface area contributed by atoms with Crippen molar-refractivity contribution in [3.05, 3.63) is 70.4 Å². The number of benzene rings is 2. The summed E-state index contributed by atoms with van der Waals surface area (Å²) in [5.74, 6) is 0.953. The number of carbonyl (C=O) groups excluding carboxylic acids is 1. The van der Waals surface area contributed by atoms with E-state index in [-0.39, 0.29) is 19.1 Å². The average Bonchev–Trinajstić information content (AvgIpc) is 3.12. The Morgan fingerprint density at radius 1 is 1.15 bits per heavy atom. The summed E-state index contributed by atoms with van der Waals surface area (Å²) >= 11 is 6.12. The van der Waals surface area contributed by atoms with Gasteiger partial charge in [-0.15, -0.1) is 0 Å². The zero-order valence-electron chi connectivity index (χ0n) is 14.6. The van der Waals surface area contributed by atoms with Crippen molar-refractivity contribution < 1.29 is 14.1 Å². The van der Waals surface area contributed by atoms with Crippen LogP contribution in [0.25, 0.3) is 11.3 Å². The molecule has 1 heterocycles. The maximum absolute atomic E-state index is 12.0. The Bertz CT molecular complexity index is 883. The molecule has 0 aliphatic rings. The molecule has 3 rings (SSSR count). The van der Waals surface area contributed by atoms with Crippen LogP contribution in [0.3, 0.4) is 0 Å². The fourth-order valence-corrected chi connectivity index (χ4v) is 2.63. The minimum atomic E-state index is -0.243. The van der Waals surface area contributed by atoms with Crippen LogP contribution in [0.4, 0.5) is 0 Å². The van der Waals surface area contributed by atoms with Crippen molar-refractivity contribution in [2.24, 2.45) is 0 Å². The molecule has 1 aromatic heterocycles. The maximum atomic E-state index is 12.0. The van der Waals surface area contributed by atoms with E-state index in [1.54, 1.807) is 0 Å². The fraction of sp³-hybridized carbons (Fsp3) is 0.200. The standard InChI is InChI=1S/C20H19ClN2O3/c1-13-8-16(9-14(2)20(13)21)25-12-19(24)22-11-17-10-18(23-26-17)15-6-4-3-5-7-15/h3-10H,11-12H2,1-2H3,(H,22,24). The number of rotatable bonds is 6. The molecule has 0 atom stereocenters. The highest BCUT2D eigenvalue weighted by Gasteiger charge is 2.09. The predicted molar refractivity (Wildman–Crippen MR) is 100 cm³/mol. The SMILES string of the molecule is Cc1cc(OCC(=O)NCc2cc(-c3ccccc3)no2)cc(C)c1Cl. The van der Waals surface area contributed by atoms with Gasteiger partial charge in [-0.25, -0.2) is 0 Å². The Balaban J connectivity index is 1.51. The van der Waals surface area contributed by atoms with Crippen LogP contribution in [0.1, 0.15) is 16.9 Å². The molecule has 6 heteroatoms. The van der Waals surface area contributed by atoms with Crippen LogP contribution in [0.5, 0.6) is 5.75 Å². The summed E-state index contributed by atoms with van der Waals surface area (Å²) in [7, 11) is 0. The Morgan fingerprint density at radius 3 is 2.54 bits per heavy atom. The average molecular weight is 371 g/mol. The molecule has 1 amide bonds. The third-order valence-corrected chi connectivity index (χ3v) is 4.46. The molecule has 5 nitrogen and oxygen atoms in total. The van der Waals surface area contributed by atoms with Gasteiger partial charge in [0.25, 0.3) is 5.91 Å². The molecule has 0 aliphatic carbocycles. The number of aromatic nitrogens is 1. The van der Waals surface area contributed by atoms with Crippen LogP contribution in [0.15, 0.2) is 53.1 Å². The molecular formula is C20H19ClN2O3. The number of carbonyl (C=O) groups is 1. The van der Waals surface area contributed by atoms with E-state index in [2.05, 4.69) is 10.5 Å². The molecule has 0 aliphatic heterocycles. The smallest absolute Gasteiger partial charge is 0.258 e. The quantitative estimate of drug-likeness (QED) is 0.702. The molecule has 0 saturated heterocycles. The zero-order valence-corrected chi connectivity index (χ0v) is 15.3. The minimum absolute atomic E-state index is 0.0831. The topological polar surface area (TPSA) is 64.4 Å². The Morgan fingerprint density at radius 2 is 1.85 bits per heavy atom. The van der Waals surface area contributed by atoms with Crippen LogP contribution in [-0.4, -0.2) is 17.7 Å². The molecule has 1 N–H and O–H groups in total. The summed E-state index contributed by atoms with van der Waals surface area (Å²) in [5.41, 5.74) is 3.53. The summed E-state index contributed by atoms with van der Waals surface area (Å²) < 4.78 is 10.8. The Hall–Kier alpha value is -2.79. The second-order valence-corrected chi connectivity index (χ2v) is 6.36. The minimum Gasteiger partial charge on any atom is -0.484 e. The molecule has 0 radical (unpaired) electrons. The van der Waals surface area contributed by atoms with Gasteiger partial charge in [0.1, 0.15) is 11.4 Å². The van der Waals surface area contributed by atoms with Gasteiger partial charge in [0.15, 0.2) is 12.4 Å². The van der Waals surface area contributed by atoms with Gasteiger partial charge in [0, 0.05) is 16.7 Å². The van der Waals surface area contributed by atoms with E-state index in [9.17, 15) is 4.79 Å². The molecule has 0 unspecified atom stereocenters.